The summed E-state index contributed by atoms with van der Waals surface area (Å²) in [4.78, 5) is 25.3. The van der Waals surface area contributed by atoms with Gasteiger partial charge in [-0.2, -0.15) is 0 Å². The van der Waals surface area contributed by atoms with Crippen LogP contribution in [-0.2, 0) is 0 Å². The molecular formula is C22H16F2N2O4. The molecule has 2 amide bonds. The monoisotopic (exact) mass is 410 g/mol. The molecule has 30 heavy (non-hydrogen) atoms. The highest BCUT2D eigenvalue weighted by Crippen LogP contribution is 2.34. The van der Waals surface area contributed by atoms with Crippen molar-refractivity contribution in [3.05, 3.63) is 95.1 Å². The van der Waals surface area contributed by atoms with Crippen LogP contribution < -0.4 is 20.1 Å². The van der Waals surface area contributed by atoms with Gasteiger partial charge in [0.15, 0.2) is 11.5 Å². The van der Waals surface area contributed by atoms with Crippen molar-refractivity contribution in [3.8, 4) is 11.5 Å². The van der Waals surface area contributed by atoms with E-state index in [4.69, 9.17) is 9.47 Å². The summed E-state index contributed by atoms with van der Waals surface area (Å²) in [5.41, 5.74) is 0.974. The first-order chi connectivity index (χ1) is 14.5. The van der Waals surface area contributed by atoms with Crippen LogP contribution in [0.25, 0.3) is 0 Å². The molecular weight excluding hydrogens is 394 g/mol. The molecule has 0 atom stereocenters. The van der Waals surface area contributed by atoms with Crippen molar-refractivity contribution in [1.82, 2.24) is 10.6 Å². The van der Waals surface area contributed by atoms with Crippen molar-refractivity contribution in [3.63, 3.8) is 0 Å². The Labute approximate surface area is 170 Å². The third-order valence-corrected chi connectivity index (χ3v) is 4.49. The van der Waals surface area contributed by atoms with E-state index in [1.54, 1.807) is 18.2 Å². The summed E-state index contributed by atoms with van der Waals surface area (Å²) in [6.45, 7) is 0.0767. The van der Waals surface area contributed by atoms with Crippen LogP contribution in [0.4, 0.5) is 8.78 Å². The Morgan fingerprint density at radius 3 is 1.77 bits per heavy atom. The maximum Gasteiger partial charge on any atom is 0.253 e. The van der Waals surface area contributed by atoms with Gasteiger partial charge in [0, 0.05) is 11.1 Å². The lowest BCUT2D eigenvalue weighted by molar-refractivity contribution is 0.0883. The number of carbonyl (C=O) groups is 2. The summed E-state index contributed by atoms with van der Waals surface area (Å²) in [6, 6.07) is 15.0. The van der Waals surface area contributed by atoms with Crippen molar-refractivity contribution >= 4 is 11.8 Å². The van der Waals surface area contributed by atoms with E-state index in [1.165, 1.54) is 48.5 Å². The maximum atomic E-state index is 13.2. The molecule has 2 N–H and O–H groups in total. The molecule has 4 rings (SSSR count). The van der Waals surface area contributed by atoms with E-state index in [-0.39, 0.29) is 17.9 Å². The summed E-state index contributed by atoms with van der Waals surface area (Å²) < 4.78 is 37.0. The molecule has 0 saturated heterocycles. The van der Waals surface area contributed by atoms with Crippen LogP contribution in [0.3, 0.4) is 0 Å². The Morgan fingerprint density at radius 1 is 0.733 bits per heavy atom. The number of halogens is 2. The van der Waals surface area contributed by atoms with Gasteiger partial charge in [0.25, 0.3) is 11.8 Å². The fraction of sp³-hybridized carbons (Fsp3) is 0.0909. The molecule has 1 aliphatic heterocycles. The summed E-state index contributed by atoms with van der Waals surface area (Å²) in [5, 5.41) is 5.42. The molecule has 0 aliphatic carbocycles. The molecule has 0 spiro atoms. The highest BCUT2D eigenvalue weighted by Gasteiger charge is 2.22. The average molecular weight is 410 g/mol. The quantitative estimate of drug-likeness (QED) is 0.631. The molecule has 0 fully saturated rings. The van der Waals surface area contributed by atoms with E-state index in [0.717, 1.165) is 0 Å². The highest BCUT2D eigenvalue weighted by atomic mass is 19.1. The van der Waals surface area contributed by atoms with Crippen LogP contribution in [0.1, 0.15) is 32.4 Å². The van der Waals surface area contributed by atoms with E-state index in [9.17, 15) is 18.4 Å². The summed E-state index contributed by atoms with van der Waals surface area (Å²) in [7, 11) is 0. The first-order valence-corrected chi connectivity index (χ1v) is 9.02. The van der Waals surface area contributed by atoms with Crippen molar-refractivity contribution in [2.24, 2.45) is 0 Å². The minimum absolute atomic E-state index is 0.0767. The maximum absolute atomic E-state index is 13.2. The number of carbonyl (C=O) groups excluding carboxylic acids is 2. The molecule has 3 aromatic carbocycles. The second kappa shape index (κ2) is 8.20. The third-order valence-electron chi connectivity index (χ3n) is 4.49. The molecule has 3 aromatic rings. The van der Waals surface area contributed by atoms with Crippen molar-refractivity contribution in [2.45, 2.75) is 6.17 Å². The van der Waals surface area contributed by atoms with E-state index in [1.807, 2.05) is 0 Å². The zero-order valence-electron chi connectivity index (χ0n) is 15.5. The number of hydrogen-bond donors (Lipinski definition) is 2. The Kier molecular flexibility index (Phi) is 5.30. The molecule has 0 aromatic heterocycles. The van der Waals surface area contributed by atoms with E-state index >= 15 is 0 Å². The fourth-order valence-electron chi connectivity index (χ4n) is 2.93. The van der Waals surface area contributed by atoms with Crippen molar-refractivity contribution < 1.29 is 27.8 Å². The molecule has 0 saturated carbocycles. The Bertz CT molecular complexity index is 1030. The predicted octanol–water partition coefficient (Wildman–Crippen LogP) is 3.55. The Morgan fingerprint density at radius 2 is 1.23 bits per heavy atom. The standard InChI is InChI=1S/C22H16F2N2O4/c23-16-6-1-13(2-7-16)21(27)25-20(15-5-10-18-19(11-15)30-12-29-18)26-22(28)14-3-8-17(24)9-4-14/h1-11,20H,12H2,(H,25,27)(H,26,28). The van der Waals surface area contributed by atoms with Crippen LogP contribution in [0, 0.1) is 11.6 Å². The molecule has 6 nitrogen and oxygen atoms in total. The van der Waals surface area contributed by atoms with Gasteiger partial charge in [0.1, 0.15) is 17.8 Å². The lowest BCUT2D eigenvalue weighted by atomic mass is 10.1. The molecule has 152 valence electrons. The third kappa shape index (κ3) is 4.22. The van der Waals surface area contributed by atoms with Crippen molar-refractivity contribution in [2.75, 3.05) is 6.79 Å². The first-order valence-electron chi connectivity index (χ1n) is 9.02. The van der Waals surface area contributed by atoms with Gasteiger partial charge in [-0.05, 0) is 66.2 Å². The van der Waals surface area contributed by atoms with Crippen LogP contribution in [0.2, 0.25) is 0 Å². The van der Waals surface area contributed by atoms with Gasteiger partial charge in [-0.1, -0.05) is 6.07 Å². The van der Waals surface area contributed by atoms with E-state index < -0.39 is 29.6 Å². The highest BCUT2D eigenvalue weighted by molar-refractivity contribution is 5.96. The average Bonchev–Trinajstić information content (AvgIpc) is 3.22. The molecule has 0 bridgehead atoms. The zero-order valence-corrected chi connectivity index (χ0v) is 15.5. The number of ether oxygens (including phenoxy) is 2. The second-order valence-corrected chi connectivity index (χ2v) is 6.51. The minimum Gasteiger partial charge on any atom is -0.454 e. The number of amides is 2. The predicted molar refractivity (Wildman–Crippen MR) is 103 cm³/mol. The SMILES string of the molecule is O=C(NC(NC(=O)c1ccc(F)cc1)c1ccc2c(c1)OCO2)c1ccc(F)cc1. The lowest BCUT2D eigenvalue weighted by Gasteiger charge is -2.21. The molecule has 0 radical (unpaired) electrons. The van der Waals surface area contributed by atoms with E-state index in [2.05, 4.69) is 10.6 Å². The van der Waals surface area contributed by atoms with Crippen LogP contribution in [0.5, 0.6) is 11.5 Å². The van der Waals surface area contributed by atoms with Crippen LogP contribution in [0.15, 0.2) is 66.7 Å². The molecule has 8 heteroatoms. The van der Waals surface area contributed by atoms with Crippen LogP contribution in [-0.4, -0.2) is 18.6 Å². The van der Waals surface area contributed by atoms with Crippen LogP contribution >= 0.6 is 0 Å². The number of rotatable bonds is 5. The van der Waals surface area contributed by atoms with Gasteiger partial charge in [-0.3, -0.25) is 9.59 Å². The second-order valence-electron chi connectivity index (χ2n) is 6.51. The molecule has 0 unspecified atom stereocenters. The minimum atomic E-state index is -0.936. The van der Waals surface area contributed by atoms with Gasteiger partial charge >= 0.3 is 0 Å². The van der Waals surface area contributed by atoms with Gasteiger partial charge in [-0.15, -0.1) is 0 Å². The fourth-order valence-corrected chi connectivity index (χ4v) is 2.93. The van der Waals surface area contributed by atoms with E-state index in [0.29, 0.717) is 17.1 Å². The topological polar surface area (TPSA) is 76.7 Å². The molecule has 1 heterocycles. The lowest BCUT2D eigenvalue weighted by Crippen LogP contribution is -2.41. The Hall–Kier alpha value is -3.94. The zero-order chi connectivity index (χ0) is 21.1. The number of hydrogen-bond acceptors (Lipinski definition) is 4. The summed E-state index contributed by atoms with van der Waals surface area (Å²) in [5.74, 6) is -0.946. The summed E-state index contributed by atoms with van der Waals surface area (Å²) >= 11 is 0. The normalized spacial score (nSPS) is 12.0. The van der Waals surface area contributed by atoms with Gasteiger partial charge in [0.05, 0.1) is 0 Å². The number of benzene rings is 3. The van der Waals surface area contributed by atoms with Gasteiger partial charge < -0.3 is 20.1 Å². The number of nitrogens with one attached hydrogen (secondary N) is 2. The van der Waals surface area contributed by atoms with Gasteiger partial charge in [0.2, 0.25) is 6.79 Å². The van der Waals surface area contributed by atoms with Crippen molar-refractivity contribution in [1.29, 1.82) is 0 Å². The smallest absolute Gasteiger partial charge is 0.253 e. The Balaban J connectivity index is 1.60. The summed E-state index contributed by atoms with van der Waals surface area (Å²) in [6.07, 6.45) is -0.936. The largest absolute Gasteiger partial charge is 0.454 e. The first kappa shape index (κ1) is 19.4. The molecule has 1 aliphatic rings. The number of fused-ring (bicyclic) bond motifs is 1. The van der Waals surface area contributed by atoms with Gasteiger partial charge in [-0.25, -0.2) is 8.78 Å².